The molecule has 0 amide bonds. The van der Waals surface area contributed by atoms with Gasteiger partial charge < -0.3 is 14.2 Å². The normalized spacial score (nSPS) is 11.2. The van der Waals surface area contributed by atoms with Crippen molar-refractivity contribution in [3.63, 3.8) is 0 Å². The number of benzene rings is 2. The zero-order valence-electron chi connectivity index (χ0n) is 16.8. The van der Waals surface area contributed by atoms with Gasteiger partial charge in [-0.1, -0.05) is 19.9 Å². The molecule has 0 radical (unpaired) electrons. The molecule has 8 heteroatoms. The van der Waals surface area contributed by atoms with Gasteiger partial charge in [0, 0.05) is 11.6 Å². The van der Waals surface area contributed by atoms with Crippen molar-refractivity contribution in [1.29, 1.82) is 0 Å². The molecule has 2 rings (SSSR count). The summed E-state index contributed by atoms with van der Waals surface area (Å²) >= 11 is 0. The first-order chi connectivity index (χ1) is 13.1. The summed E-state index contributed by atoms with van der Waals surface area (Å²) in [6.45, 7) is 5.28. The Labute approximate surface area is 165 Å². The molecular weight excluding hydrogens is 382 g/mol. The van der Waals surface area contributed by atoms with Gasteiger partial charge in [-0.15, -0.1) is 0 Å². The number of hydrogen-bond acceptors (Lipinski definition) is 6. The van der Waals surface area contributed by atoms with Crippen LogP contribution in [0.3, 0.4) is 0 Å². The molecule has 0 saturated carbocycles. The Kier molecular flexibility index (Phi) is 6.56. The van der Waals surface area contributed by atoms with Gasteiger partial charge in [0.1, 0.15) is 10.6 Å². The number of hydrogen-bond donors (Lipinski definition) is 1. The molecule has 152 valence electrons. The van der Waals surface area contributed by atoms with Crippen LogP contribution in [0.2, 0.25) is 0 Å². The highest BCUT2D eigenvalue weighted by molar-refractivity contribution is 7.92. The van der Waals surface area contributed by atoms with Crippen LogP contribution in [-0.4, -0.2) is 35.5 Å². The Morgan fingerprint density at radius 3 is 2.00 bits per heavy atom. The van der Waals surface area contributed by atoms with E-state index in [0.29, 0.717) is 11.5 Å². The number of rotatable bonds is 8. The van der Waals surface area contributed by atoms with Crippen molar-refractivity contribution in [2.24, 2.45) is 0 Å². The maximum atomic E-state index is 13.1. The predicted octanol–water partition coefficient (Wildman–Crippen LogP) is 3.84. The van der Waals surface area contributed by atoms with Crippen LogP contribution in [0.15, 0.2) is 35.2 Å². The van der Waals surface area contributed by atoms with E-state index in [0.717, 1.165) is 5.56 Å². The fraction of sp³-hybridized carbons (Fsp3) is 0.350. The summed E-state index contributed by atoms with van der Waals surface area (Å²) in [5, 5.41) is 0. The van der Waals surface area contributed by atoms with Crippen LogP contribution in [0.5, 0.6) is 17.2 Å². The van der Waals surface area contributed by atoms with Crippen molar-refractivity contribution in [3.8, 4) is 17.2 Å². The Hall–Kier alpha value is -2.74. The van der Waals surface area contributed by atoms with E-state index in [9.17, 15) is 13.2 Å². The zero-order chi connectivity index (χ0) is 21.1. The quantitative estimate of drug-likeness (QED) is 0.669. The number of ketones is 1. The Balaban J connectivity index is 2.61. The van der Waals surface area contributed by atoms with Crippen LogP contribution in [0, 0.1) is 0 Å². The first-order valence-corrected chi connectivity index (χ1v) is 10.1. The minimum Gasteiger partial charge on any atom is -0.495 e. The van der Waals surface area contributed by atoms with Gasteiger partial charge >= 0.3 is 0 Å². The second kappa shape index (κ2) is 8.52. The van der Waals surface area contributed by atoms with Gasteiger partial charge in [-0.2, -0.15) is 0 Å². The highest BCUT2D eigenvalue weighted by atomic mass is 32.2. The van der Waals surface area contributed by atoms with Gasteiger partial charge in [-0.05, 0) is 36.6 Å². The molecule has 0 fully saturated rings. The standard InChI is InChI=1S/C20H25NO6S/c1-12(2)14-7-8-17(25-4)20(9-14)28(23,24)21-16-11-19(27-6)18(26-5)10-15(16)13(3)22/h7-12,21H,1-6H3. The number of Topliss-reactive ketones (excluding diaryl/α,β-unsaturated/α-hetero) is 1. The van der Waals surface area contributed by atoms with Gasteiger partial charge in [0.25, 0.3) is 10.0 Å². The molecule has 0 spiro atoms. The van der Waals surface area contributed by atoms with Gasteiger partial charge in [-0.3, -0.25) is 9.52 Å². The summed E-state index contributed by atoms with van der Waals surface area (Å²) in [5.74, 6) is 0.653. The lowest BCUT2D eigenvalue weighted by atomic mass is 10.0. The van der Waals surface area contributed by atoms with Gasteiger partial charge in [-0.25, -0.2) is 8.42 Å². The molecule has 0 aliphatic rings. The first-order valence-electron chi connectivity index (χ1n) is 8.62. The summed E-state index contributed by atoms with van der Waals surface area (Å²) in [7, 11) is 0.235. The average molecular weight is 407 g/mol. The second-order valence-electron chi connectivity index (χ2n) is 6.48. The number of methoxy groups -OCH3 is 3. The predicted molar refractivity (Wildman–Crippen MR) is 107 cm³/mol. The highest BCUT2D eigenvalue weighted by Gasteiger charge is 2.24. The zero-order valence-corrected chi connectivity index (χ0v) is 17.6. The summed E-state index contributed by atoms with van der Waals surface area (Å²) in [4.78, 5) is 12.1. The van der Waals surface area contributed by atoms with E-state index >= 15 is 0 Å². The third-order valence-corrected chi connectivity index (χ3v) is 5.68. The molecule has 0 unspecified atom stereocenters. The largest absolute Gasteiger partial charge is 0.495 e. The van der Waals surface area contributed by atoms with E-state index in [2.05, 4.69) is 4.72 Å². The first kappa shape index (κ1) is 21.6. The van der Waals surface area contributed by atoms with E-state index in [1.165, 1.54) is 40.4 Å². The van der Waals surface area contributed by atoms with E-state index < -0.39 is 10.0 Å². The number of anilines is 1. The van der Waals surface area contributed by atoms with Crippen LogP contribution < -0.4 is 18.9 Å². The van der Waals surface area contributed by atoms with Crippen LogP contribution in [-0.2, 0) is 10.0 Å². The fourth-order valence-corrected chi connectivity index (χ4v) is 3.99. The van der Waals surface area contributed by atoms with Gasteiger partial charge in [0.2, 0.25) is 0 Å². The van der Waals surface area contributed by atoms with Gasteiger partial charge in [0.05, 0.1) is 27.0 Å². The van der Waals surface area contributed by atoms with E-state index in [1.54, 1.807) is 12.1 Å². The molecule has 0 aliphatic carbocycles. The minimum absolute atomic E-state index is 0.00881. The van der Waals surface area contributed by atoms with E-state index in [4.69, 9.17) is 14.2 Å². The molecule has 7 nitrogen and oxygen atoms in total. The van der Waals surface area contributed by atoms with Crippen LogP contribution >= 0.6 is 0 Å². The smallest absolute Gasteiger partial charge is 0.265 e. The number of ether oxygens (including phenoxy) is 3. The Morgan fingerprint density at radius 1 is 0.929 bits per heavy atom. The van der Waals surface area contributed by atoms with Crippen molar-refractivity contribution in [1.82, 2.24) is 0 Å². The molecule has 0 atom stereocenters. The summed E-state index contributed by atoms with van der Waals surface area (Å²) in [6.07, 6.45) is 0. The highest BCUT2D eigenvalue weighted by Crippen LogP contribution is 2.36. The Morgan fingerprint density at radius 2 is 1.50 bits per heavy atom. The Bertz CT molecular complexity index is 982. The molecule has 2 aromatic rings. The van der Waals surface area contributed by atoms with Gasteiger partial charge in [0.15, 0.2) is 17.3 Å². The topological polar surface area (TPSA) is 90.9 Å². The van der Waals surface area contributed by atoms with E-state index in [-0.39, 0.29) is 33.6 Å². The fourth-order valence-electron chi connectivity index (χ4n) is 2.72. The van der Waals surface area contributed by atoms with Crippen LogP contribution in [0.4, 0.5) is 5.69 Å². The number of carbonyl (C=O) groups excluding carboxylic acids is 1. The summed E-state index contributed by atoms with van der Waals surface area (Å²) in [6, 6.07) is 7.87. The monoisotopic (exact) mass is 407 g/mol. The summed E-state index contributed by atoms with van der Waals surface area (Å²) < 4.78 is 44.4. The molecule has 1 N–H and O–H groups in total. The molecule has 0 aromatic heterocycles. The number of carbonyl (C=O) groups is 1. The van der Waals surface area contributed by atoms with Crippen LogP contribution in [0.1, 0.15) is 42.6 Å². The van der Waals surface area contributed by atoms with Crippen molar-refractivity contribution in [3.05, 3.63) is 41.5 Å². The van der Waals surface area contributed by atoms with E-state index in [1.807, 2.05) is 19.9 Å². The van der Waals surface area contributed by atoms with Crippen molar-refractivity contribution in [2.75, 3.05) is 26.1 Å². The molecule has 0 saturated heterocycles. The molecular formula is C20H25NO6S. The number of sulfonamides is 1. The summed E-state index contributed by atoms with van der Waals surface area (Å²) in [5.41, 5.74) is 1.11. The average Bonchev–Trinajstić information content (AvgIpc) is 2.66. The van der Waals surface area contributed by atoms with Crippen molar-refractivity contribution in [2.45, 2.75) is 31.6 Å². The second-order valence-corrected chi connectivity index (χ2v) is 8.13. The minimum atomic E-state index is -4.04. The third kappa shape index (κ3) is 4.39. The number of nitrogens with one attached hydrogen (secondary N) is 1. The van der Waals surface area contributed by atoms with Crippen molar-refractivity contribution < 1.29 is 27.4 Å². The molecule has 0 aliphatic heterocycles. The van der Waals surface area contributed by atoms with Crippen molar-refractivity contribution >= 4 is 21.5 Å². The molecule has 0 heterocycles. The van der Waals surface area contributed by atoms with Crippen LogP contribution in [0.25, 0.3) is 0 Å². The SMILES string of the molecule is COc1cc(NS(=O)(=O)c2cc(C(C)C)ccc2OC)c(C(C)=O)cc1OC. The maximum absolute atomic E-state index is 13.1. The molecule has 0 bridgehead atoms. The maximum Gasteiger partial charge on any atom is 0.265 e. The molecule has 28 heavy (non-hydrogen) atoms. The third-order valence-electron chi connectivity index (χ3n) is 4.29. The lowest BCUT2D eigenvalue weighted by molar-refractivity contribution is 0.101. The lowest BCUT2D eigenvalue weighted by Gasteiger charge is -2.17. The molecule has 2 aromatic carbocycles. The lowest BCUT2D eigenvalue weighted by Crippen LogP contribution is -2.17.